The molecule has 0 bridgehead atoms. The van der Waals surface area contributed by atoms with E-state index in [4.69, 9.17) is 43.1 Å². The van der Waals surface area contributed by atoms with E-state index in [-0.39, 0.29) is 45.1 Å². The topological polar surface area (TPSA) is 101 Å². The van der Waals surface area contributed by atoms with E-state index in [9.17, 15) is 9.59 Å². The van der Waals surface area contributed by atoms with E-state index in [1.54, 1.807) is 6.92 Å². The van der Waals surface area contributed by atoms with Crippen LogP contribution >= 0.6 is 23.2 Å². The van der Waals surface area contributed by atoms with E-state index in [2.05, 4.69) is 4.98 Å². The summed E-state index contributed by atoms with van der Waals surface area (Å²) in [4.78, 5) is 28.4. The van der Waals surface area contributed by atoms with Crippen molar-refractivity contribution in [1.82, 2.24) is 4.98 Å². The van der Waals surface area contributed by atoms with Crippen molar-refractivity contribution in [2.75, 3.05) is 13.7 Å². The van der Waals surface area contributed by atoms with Crippen molar-refractivity contribution in [2.24, 2.45) is 5.73 Å². The van der Waals surface area contributed by atoms with Crippen LogP contribution in [0.2, 0.25) is 10.0 Å². The molecule has 160 valence electrons. The molecule has 30 heavy (non-hydrogen) atoms. The van der Waals surface area contributed by atoms with Crippen LogP contribution < -0.4 is 15.2 Å². The number of halogens is 2. The van der Waals surface area contributed by atoms with Crippen molar-refractivity contribution >= 4 is 35.1 Å². The number of carbonyl (C=O) groups is 2. The van der Waals surface area contributed by atoms with Crippen molar-refractivity contribution in [3.05, 3.63) is 39.6 Å². The Kier molecular flexibility index (Phi) is 7.05. The fourth-order valence-electron chi connectivity index (χ4n) is 3.48. The summed E-state index contributed by atoms with van der Waals surface area (Å²) >= 11 is 13.0. The van der Waals surface area contributed by atoms with Gasteiger partial charge in [0.15, 0.2) is 11.5 Å². The van der Waals surface area contributed by atoms with E-state index >= 15 is 0 Å². The van der Waals surface area contributed by atoms with E-state index in [1.807, 2.05) is 0 Å². The first kappa shape index (κ1) is 22.2. The Balaban J connectivity index is 2.22. The molecule has 0 spiro atoms. The average Bonchev–Trinajstić information content (AvgIpc) is 3.21. The second-order valence-electron chi connectivity index (χ2n) is 6.80. The predicted octanol–water partition coefficient (Wildman–Crippen LogP) is 4.66. The summed E-state index contributed by atoms with van der Waals surface area (Å²) in [5, 5.41) is 0.249. The summed E-state index contributed by atoms with van der Waals surface area (Å²) < 4.78 is 16.7. The molecule has 1 saturated carbocycles. The molecule has 1 fully saturated rings. The Morgan fingerprint density at radius 3 is 2.33 bits per heavy atom. The molecule has 0 radical (unpaired) electrons. The lowest BCUT2D eigenvalue weighted by Crippen LogP contribution is -2.18. The summed E-state index contributed by atoms with van der Waals surface area (Å²) in [6.45, 7) is 1.91. The van der Waals surface area contributed by atoms with Gasteiger partial charge in [-0.05, 0) is 44.7 Å². The third-order valence-corrected chi connectivity index (χ3v) is 5.44. The smallest absolute Gasteiger partial charge is 0.338 e. The lowest BCUT2D eigenvalue weighted by molar-refractivity contribution is 0.0526. The van der Waals surface area contributed by atoms with Crippen LogP contribution in [0.5, 0.6) is 11.5 Å². The van der Waals surface area contributed by atoms with Crippen molar-refractivity contribution in [1.29, 1.82) is 0 Å². The number of aromatic nitrogens is 1. The number of esters is 1. The van der Waals surface area contributed by atoms with Crippen molar-refractivity contribution in [3.63, 3.8) is 0 Å². The third kappa shape index (κ3) is 4.47. The number of nitrogens with zero attached hydrogens (tertiary/aromatic N) is 1. The molecule has 1 aliphatic carbocycles. The van der Waals surface area contributed by atoms with Crippen LogP contribution in [0.4, 0.5) is 0 Å². The average molecular weight is 453 g/mol. The Morgan fingerprint density at radius 1 is 1.17 bits per heavy atom. The molecule has 3 rings (SSSR count). The first-order valence-electron chi connectivity index (χ1n) is 9.57. The molecule has 0 aliphatic heterocycles. The van der Waals surface area contributed by atoms with Crippen molar-refractivity contribution < 1.29 is 23.8 Å². The highest BCUT2D eigenvalue weighted by Gasteiger charge is 2.29. The van der Waals surface area contributed by atoms with Gasteiger partial charge in [0.05, 0.1) is 47.2 Å². The van der Waals surface area contributed by atoms with Gasteiger partial charge in [-0.25, -0.2) is 9.78 Å². The SMILES string of the molecule is CCOC(=O)c1cc(Cl)c(-c2c(C(N)=O)ncc(OC)c2OC2CCCC2)c(Cl)c1. The number of nitrogens with two attached hydrogens (primary N) is 1. The zero-order valence-electron chi connectivity index (χ0n) is 16.7. The molecule has 2 aromatic rings. The van der Waals surface area contributed by atoms with Gasteiger partial charge in [0.1, 0.15) is 5.69 Å². The molecule has 1 aromatic heterocycles. The molecule has 7 nitrogen and oxygen atoms in total. The molecule has 1 aromatic carbocycles. The minimum atomic E-state index is -0.773. The van der Waals surface area contributed by atoms with Crippen LogP contribution in [0.25, 0.3) is 11.1 Å². The molecular weight excluding hydrogens is 431 g/mol. The summed E-state index contributed by atoms with van der Waals surface area (Å²) in [7, 11) is 1.47. The van der Waals surface area contributed by atoms with Crippen LogP contribution in [-0.2, 0) is 4.74 Å². The van der Waals surface area contributed by atoms with E-state index in [1.165, 1.54) is 25.4 Å². The molecule has 1 heterocycles. The van der Waals surface area contributed by atoms with Crippen molar-refractivity contribution in [2.45, 2.75) is 38.7 Å². The normalized spacial score (nSPS) is 13.9. The third-order valence-electron chi connectivity index (χ3n) is 4.84. The maximum atomic E-state index is 12.2. The second kappa shape index (κ2) is 9.53. The summed E-state index contributed by atoms with van der Waals surface area (Å²) in [6.07, 6.45) is 5.18. The van der Waals surface area contributed by atoms with E-state index < -0.39 is 11.9 Å². The second-order valence-corrected chi connectivity index (χ2v) is 7.62. The number of amides is 1. The Hall–Kier alpha value is -2.51. The fourth-order valence-corrected chi connectivity index (χ4v) is 4.15. The lowest BCUT2D eigenvalue weighted by atomic mass is 9.99. The predicted molar refractivity (Wildman–Crippen MR) is 114 cm³/mol. The number of primary amides is 1. The molecular formula is C21H22Cl2N2O5. The van der Waals surface area contributed by atoms with E-state index in [0.717, 1.165) is 25.7 Å². The van der Waals surface area contributed by atoms with Crippen LogP contribution in [0.1, 0.15) is 53.5 Å². The van der Waals surface area contributed by atoms with Crippen LogP contribution in [0.15, 0.2) is 18.3 Å². The molecule has 9 heteroatoms. The summed E-state index contributed by atoms with van der Waals surface area (Å²) in [5.74, 6) is -0.718. The minimum Gasteiger partial charge on any atom is -0.491 e. The van der Waals surface area contributed by atoms with Gasteiger partial charge < -0.3 is 19.9 Å². The highest BCUT2D eigenvalue weighted by molar-refractivity contribution is 6.40. The molecule has 0 saturated heterocycles. The number of methoxy groups -OCH3 is 1. The number of carbonyl (C=O) groups excluding carboxylic acids is 2. The highest BCUT2D eigenvalue weighted by atomic mass is 35.5. The van der Waals surface area contributed by atoms with Gasteiger partial charge in [-0.3, -0.25) is 4.79 Å². The number of benzene rings is 1. The number of pyridine rings is 1. The Labute approximate surface area is 184 Å². The standard InChI is InChI=1S/C21H22Cl2N2O5/c1-3-29-21(27)11-8-13(22)16(14(23)9-11)17-18(20(24)26)25-10-15(28-2)19(17)30-12-6-4-5-7-12/h8-10,12H,3-7H2,1-2H3,(H2,24,26). The lowest BCUT2D eigenvalue weighted by Gasteiger charge is -2.21. The molecule has 2 N–H and O–H groups in total. The largest absolute Gasteiger partial charge is 0.491 e. The van der Waals surface area contributed by atoms with Crippen LogP contribution in [0, 0.1) is 0 Å². The van der Waals surface area contributed by atoms with Gasteiger partial charge >= 0.3 is 5.97 Å². The van der Waals surface area contributed by atoms with Crippen LogP contribution in [-0.4, -0.2) is 36.7 Å². The van der Waals surface area contributed by atoms with Gasteiger partial charge in [-0.2, -0.15) is 0 Å². The first-order valence-corrected chi connectivity index (χ1v) is 10.3. The maximum Gasteiger partial charge on any atom is 0.338 e. The highest BCUT2D eigenvalue weighted by Crippen LogP contribution is 2.47. The number of hydrogen-bond donors (Lipinski definition) is 1. The number of ether oxygens (including phenoxy) is 3. The zero-order chi connectivity index (χ0) is 21.8. The Morgan fingerprint density at radius 2 is 1.80 bits per heavy atom. The van der Waals surface area contributed by atoms with Gasteiger partial charge in [0.25, 0.3) is 5.91 Å². The number of rotatable bonds is 7. The zero-order valence-corrected chi connectivity index (χ0v) is 18.2. The first-order chi connectivity index (χ1) is 14.4. The van der Waals surface area contributed by atoms with Crippen molar-refractivity contribution in [3.8, 4) is 22.6 Å². The molecule has 0 atom stereocenters. The Bertz CT molecular complexity index is 951. The quantitative estimate of drug-likeness (QED) is 0.612. The van der Waals surface area contributed by atoms with Gasteiger partial charge in [-0.15, -0.1) is 0 Å². The summed E-state index contributed by atoms with van der Waals surface area (Å²) in [5.41, 5.74) is 6.22. The minimum absolute atomic E-state index is 0.0443. The summed E-state index contributed by atoms with van der Waals surface area (Å²) in [6, 6.07) is 2.84. The van der Waals surface area contributed by atoms with Gasteiger partial charge in [-0.1, -0.05) is 23.2 Å². The monoisotopic (exact) mass is 452 g/mol. The van der Waals surface area contributed by atoms with Crippen LogP contribution in [0.3, 0.4) is 0 Å². The van der Waals surface area contributed by atoms with E-state index in [0.29, 0.717) is 11.5 Å². The maximum absolute atomic E-state index is 12.2. The molecule has 1 amide bonds. The molecule has 1 aliphatic rings. The fraction of sp³-hybridized carbons (Fsp3) is 0.381. The number of hydrogen-bond acceptors (Lipinski definition) is 6. The molecule has 0 unspecified atom stereocenters. The van der Waals surface area contributed by atoms with Gasteiger partial charge in [0.2, 0.25) is 0 Å². The van der Waals surface area contributed by atoms with Gasteiger partial charge in [0, 0.05) is 5.56 Å².